The van der Waals surface area contributed by atoms with Crippen LogP contribution in [0.15, 0.2) is 0 Å². The predicted octanol–water partition coefficient (Wildman–Crippen LogP) is 0.976. The molecule has 0 atom stereocenters. The van der Waals surface area contributed by atoms with Crippen LogP contribution < -0.4 is 0 Å². The average Bonchev–Trinajstić information content (AvgIpc) is 2.77. The van der Waals surface area contributed by atoms with Gasteiger partial charge in [-0.15, -0.1) is 0 Å². The van der Waals surface area contributed by atoms with Crippen LogP contribution >= 0.6 is 11.5 Å². The predicted molar refractivity (Wildman–Crippen MR) is 88.1 cm³/mol. The minimum absolute atomic E-state index is 0.342. The number of nitrogens with zero attached hydrogens (tertiary/aromatic N) is 5. The zero-order valence-electron chi connectivity index (χ0n) is 13.7. The number of rotatable bonds is 5. The first-order valence-corrected chi connectivity index (χ1v) is 9.70. The van der Waals surface area contributed by atoms with Gasteiger partial charge < -0.3 is 0 Å². The summed E-state index contributed by atoms with van der Waals surface area (Å²) in [6.07, 6.45) is 0.836. The molecule has 1 fully saturated rings. The molecule has 2 heterocycles. The fourth-order valence-corrected chi connectivity index (χ4v) is 4.28. The highest BCUT2D eigenvalue weighted by Gasteiger charge is 2.27. The van der Waals surface area contributed by atoms with E-state index >= 15 is 0 Å². The molecule has 0 N–H and O–H groups in total. The summed E-state index contributed by atoms with van der Waals surface area (Å²) in [5, 5.41) is 1.01. The van der Waals surface area contributed by atoms with Crippen molar-refractivity contribution in [1.82, 2.24) is 22.9 Å². The van der Waals surface area contributed by atoms with Crippen LogP contribution in [0.25, 0.3) is 0 Å². The highest BCUT2D eigenvalue weighted by molar-refractivity contribution is 7.86. The van der Waals surface area contributed by atoms with Gasteiger partial charge in [0.25, 0.3) is 10.2 Å². The van der Waals surface area contributed by atoms with E-state index < -0.39 is 10.2 Å². The number of aromatic nitrogens is 2. The minimum Gasteiger partial charge on any atom is -0.295 e. The standard InChI is InChI=1S/C13H25N5O2S2/c1-11(2)13-14-12(21-15-13)10-17-6-5-7-18(9-8-17)22(19,20)16(3)4/h11H,5-10H2,1-4H3. The first kappa shape index (κ1) is 17.7. The zero-order valence-corrected chi connectivity index (χ0v) is 15.3. The molecular formula is C13H25N5O2S2. The van der Waals surface area contributed by atoms with Gasteiger partial charge >= 0.3 is 0 Å². The lowest BCUT2D eigenvalue weighted by Gasteiger charge is -2.24. The third-order valence-corrected chi connectivity index (χ3v) is 6.34. The molecule has 0 bridgehead atoms. The summed E-state index contributed by atoms with van der Waals surface area (Å²) in [5.41, 5.74) is 0. The first-order chi connectivity index (χ1) is 10.3. The summed E-state index contributed by atoms with van der Waals surface area (Å²) in [5.74, 6) is 1.24. The third kappa shape index (κ3) is 4.23. The average molecular weight is 348 g/mol. The molecule has 1 aromatic heterocycles. The maximum absolute atomic E-state index is 12.2. The molecule has 2 rings (SSSR count). The van der Waals surface area contributed by atoms with Crippen molar-refractivity contribution in [2.24, 2.45) is 0 Å². The first-order valence-electron chi connectivity index (χ1n) is 7.53. The van der Waals surface area contributed by atoms with Crippen molar-refractivity contribution >= 4 is 21.7 Å². The highest BCUT2D eigenvalue weighted by Crippen LogP contribution is 2.17. The van der Waals surface area contributed by atoms with Crippen LogP contribution in [0.4, 0.5) is 0 Å². The lowest BCUT2D eigenvalue weighted by Crippen LogP contribution is -2.42. The molecule has 126 valence electrons. The van der Waals surface area contributed by atoms with Crippen molar-refractivity contribution in [3.8, 4) is 0 Å². The maximum atomic E-state index is 12.2. The second kappa shape index (κ2) is 7.31. The Morgan fingerprint density at radius 1 is 1.23 bits per heavy atom. The quantitative estimate of drug-likeness (QED) is 0.794. The summed E-state index contributed by atoms with van der Waals surface area (Å²) in [6, 6.07) is 0. The topological polar surface area (TPSA) is 69.6 Å². The smallest absolute Gasteiger partial charge is 0.281 e. The van der Waals surface area contributed by atoms with Crippen LogP contribution in [-0.2, 0) is 16.8 Å². The van der Waals surface area contributed by atoms with Crippen molar-refractivity contribution in [3.63, 3.8) is 0 Å². The van der Waals surface area contributed by atoms with Crippen molar-refractivity contribution < 1.29 is 8.42 Å². The molecule has 0 amide bonds. The normalized spacial score (nSPS) is 19.0. The summed E-state index contributed by atoms with van der Waals surface area (Å²) in [7, 11) is -0.160. The molecule has 1 saturated heterocycles. The van der Waals surface area contributed by atoms with Gasteiger partial charge in [-0.1, -0.05) is 13.8 Å². The van der Waals surface area contributed by atoms with Gasteiger partial charge in [-0.2, -0.15) is 21.4 Å². The molecule has 0 aliphatic carbocycles. The largest absolute Gasteiger partial charge is 0.295 e. The van der Waals surface area contributed by atoms with Crippen molar-refractivity contribution in [1.29, 1.82) is 0 Å². The molecule has 9 heteroatoms. The Hall–Kier alpha value is -0.610. The summed E-state index contributed by atoms with van der Waals surface area (Å²) < 4.78 is 31.6. The Kier molecular flexibility index (Phi) is 5.89. The van der Waals surface area contributed by atoms with Gasteiger partial charge in [-0.3, -0.25) is 4.90 Å². The molecule has 0 unspecified atom stereocenters. The monoisotopic (exact) mass is 347 g/mol. The maximum Gasteiger partial charge on any atom is 0.281 e. The van der Waals surface area contributed by atoms with Crippen LogP contribution in [0.1, 0.15) is 37.0 Å². The molecule has 22 heavy (non-hydrogen) atoms. The summed E-state index contributed by atoms with van der Waals surface area (Å²) >= 11 is 1.45. The van der Waals surface area contributed by atoms with Gasteiger partial charge in [0.1, 0.15) is 10.8 Å². The van der Waals surface area contributed by atoms with E-state index in [1.165, 1.54) is 15.8 Å². The van der Waals surface area contributed by atoms with Gasteiger partial charge in [0.05, 0.1) is 6.54 Å². The van der Waals surface area contributed by atoms with E-state index in [2.05, 4.69) is 28.1 Å². The molecular weight excluding hydrogens is 322 g/mol. The highest BCUT2D eigenvalue weighted by atomic mass is 32.2. The fourth-order valence-electron chi connectivity index (χ4n) is 2.33. The van der Waals surface area contributed by atoms with E-state index in [4.69, 9.17) is 0 Å². The molecule has 1 aliphatic heterocycles. The molecule has 0 spiro atoms. The lowest BCUT2D eigenvalue weighted by molar-refractivity contribution is 0.276. The van der Waals surface area contributed by atoms with Crippen molar-refractivity contribution in [2.75, 3.05) is 40.3 Å². The van der Waals surface area contributed by atoms with E-state index in [0.29, 0.717) is 19.0 Å². The van der Waals surface area contributed by atoms with Gasteiger partial charge in [0.2, 0.25) is 0 Å². The van der Waals surface area contributed by atoms with Crippen LogP contribution in [0.5, 0.6) is 0 Å². The lowest BCUT2D eigenvalue weighted by atomic mass is 10.2. The minimum atomic E-state index is -3.31. The van der Waals surface area contributed by atoms with Gasteiger partial charge in [0, 0.05) is 39.6 Å². The number of hydrogen-bond donors (Lipinski definition) is 0. The van der Waals surface area contributed by atoms with E-state index in [0.717, 1.165) is 36.9 Å². The second-order valence-electron chi connectivity index (χ2n) is 6.02. The van der Waals surface area contributed by atoms with Crippen LogP contribution in [-0.4, -0.2) is 71.6 Å². The molecule has 0 saturated carbocycles. The summed E-state index contributed by atoms with van der Waals surface area (Å²) in [4.78, 5) is 6.82. The van der Waals surface area contributed by atoms with E-state index in [1.54, 1.807) is 18.4 Å². The third-order valence-electron chi connectivity index (χ3n) is 3.69. The second-order valence-corrected chi connectivity index (χ2v) is 9.00. The van der Waals surface area contributed by atoms with Gasteiger partial charge in [-0.25, -0.2) is 4.98 Å². The molecule has 1 aromatic rings. The molecule has 0 aromatic carbocycles. The summed E-state index contributed by atoms with van der Waals surface area (Å²) in [6.45, 7) is 7.63. The van der Waals surface area contributed by atoms with Crippen molar-refractivity contribution in [3.05, 3.63) is 10.8 Å². The molecule has 7 nitrogen and oxygen atoms in total. The Balaban J connectivity index is 1.95. The van der Waals surface area contributed by atoms with Crippen molar-refractivity contribution in [2.45, 2.75) is 32.7 Å². The van der Waals surface area contributed by atoms with E-state index in [1.807, 2.05) is 0 Å². The molecule has 1 aliphatic rings. The fraction of sp³-hybridized carbons (Fsp3) is 0.846. The molecule has 0 radical (unpaired) electrons. The Morgan fingerprint density at radius 3 is 2.55 bits per heavy atom. The van der Waals surface area contributed by atoms with Crippen LogP contribution in [0.2, 0.25) is 0 Å². The zero-order chi connectivity index (χ0) is 16.3. The SMILES string of the molecule is CC(C)c1nsc(CN2CCCN(S(=O)(=O)N(C)C)CC2)n1. The Labute approximate surface area is 137 Å². The Morgan fingerprint density at radius 2 is 1.95 bits per heavy atom. The number of hydrogen-bond acceptors (Lipinski definition) is 6. The van der Waals surface area contributed by atoms with Crippen LogP contribution in [0.3, 0.4) is 0 Å². The van der Waals surface area contributed by atoms with Gasteiger partial charge in [0.15, 0.2) is 0 Å². The van der Waals surface area contributed by atoms with E-state index in [-0.39, 0.29) is 0 Å². The van der Waals surface area contributed by atoms with E-state index in [9.17, 15) is 8.42 Å². The van der Waals surface area contributed by atoms with Gasteiger partial charge in [-0.05, 0) is 24.5 Å². The van der Waals surface area contributed by atoms with Crippen LogP contribution in [0, 0.1) is 0 Å². The Bertz CT molecular complexity index is 585.